The van der Waals surface area contributed by atoms with Crippen molar-refractivity contribution >= 4 is 23.1 Å². The number of likely N-dealkylation sites (N-methyl/N-ethyl adjacent to an activating group) is 1. The number of fused-ring (bicyclic) bond motifs is 1. The highest BCUT2D eigenvalue weighted by atomic mass is 16.7. The molecule has 1 N–H and O–H groups in total. The molecule has 0 aromatic heterocycles. The molecule has 168 valence electrons. The molecule has 1 atom stereocenters. The fourth-order valence-corrected chi connectivity index (χ4v) is 3.92. The maximum atomic E-state index is 13.1. The quantitative estimate of drug-likeness (QED) is 0.422. The van der Waals surface area contributed by atoms with Crippen molar-refractivity contribution in [3.63, 3.8) is 0 Å². The maximum Gasteiger partial charge on any atom is 0.295 e. The minimum absolute atomic E-state index is 0.0743. The van der Waals surface area contributed by atoms with Gasteiger partial charge < -0.3 is 29.3 Å². The summed E-state index contributed by atoms with van der Waals surface area (Å²) >= 11 is 0. The van der Waals surface area contributed by atoms with Gasteiger partial charge in [-0.2, -0.15) is 0 Å². The second-order valence-electron chi connectivity index (χ2n) is 8.35. The largest absolute Gasteiger partial charge is 0.507 e. The molecule has 1 unspecified atom stereocenters. The van der Waals surface area contributed by atoms with Gasteiger partial charge in [-0.05, 0) is 50.0 Å². The van der Waals surface area contributed by atoms with Crippen LogP contribution in [0, 0.1) is 0 Å². The summed E-state index contributed by atoms with van der Waals surface area (Å²) in [6.45, 7) is 1.05. The Morgan fingerprint density at radius 2 is 1.72 bits per heavy atom. The van der Waals surface area contributed by atoms with E-state index in [9.17, 15) is 14.7 Å². The molecule has 1 fully saturated rings. The first-order valence-corrected chi connectivity index (χ1v) is 10.4. The highest BCUT2D eigenvalue weighted by Gasteiger charge is 2.46. The zero-order chi connectivity index (χ0) is 23.0. The van der Waals surface area contributed by atoms with E-state index in [1.54, 1.807) is 18.2 Å². The van der Waals surface area contributed by atoms with Crippen LogP contribution in [0.5, 0.6) is 11.5 Å². The summed E-state index contributed by atoms with van der Waals surface area (Å²) < 4.78 is 10.7. The number of aliphatic hydroxyl groups is 1. The van der Waals surface area contributed by atoms with Crippen molar-refractivity contribution in [2.75, 3.05) is 53.0 Å². The number of ether oxygens (including phenoxy) is 2. The molecule has 2 heterocycles. The number of aliphatic hydroxyl groups excluding tert-OH is 1. The smallest absolute Gasteiger partial charge is 0.295 e. The Kier molecular flexibility index (Phi) is 5.80. The highest BCUT2D eigenvalue weighted by Crippen LogP contribution is 2.41. The van der Waals surface area contributed by atoms with Crippen LogP contribution in [-0.4, -0.2) is 74.7 Å². The van der Waals surface area contributed by atoms with Gasteiger partial charge in [0.2, 0.25) is 6.79 Å². The fraction of sp³-hybridized carbons (Fsp3) is 0.333. The van der Waals surface area contributed by atoms with Gasteiger partial charge in [0, 0.05) is 38.4 Å². The Hall–Kier alpha value is -3.52. The summed E-state index contributed by atoms with van der Waals surface area (Å²) in [5.41, 5.74) is 2.23. The van der Waals surface area contributed by atoms with Gasteiger partial charge in [-0.1, -0.05) is 12.1 Å². The molecule has 0 aliphatic carbocycles. The summed E-state index contributed by atoms with van der Waals surface area (Å²) in [5.74, 6) is -0.473. The zero-order valence-corrected chi connectivity index (χ0v) is 18.7. The third-order valence-electron chi connectivity index (χ3n) is 5.70. The van der Waals surface area contributed by atoms with Crippen LogP contribution in [0.4, 0.5) is 5.69 Å². The molecular formula is C24H27N3O5. The van der Waals surface area contributed by atoms with Gasteiger partial charge in [-0.15, -0.1) is 0 Å². The summed E-state index contributed by atoms with van der Waals surface area (Å²) in [7, 11) is 7.70. The van der Waals surface area contributed by atoms with Crippen LogP contribution in [0.3, 0.4) is 0 Å². The van der Waals surface area contributed by atoms with Crippen molar-refractivity contribution in [3.05, 3.63) is 59.2 Å². The van der Waals surface area contributed by atoms with Crippen LogP contribution in [0.2, 0.25) is 0 Å². The van der Waals surface area contributed by atoms with E-state index in [1.165, 1.54) is 4.90 Å². The molecule has 2 aliphatic rings. The minimum Gasteiger partial charge on any atom is -0.507 e. The standard InChI is InChI=1S/C24H27N3O5/c1-25(2)11-12-27-21(15-5-8-17(9-6-15)26(3)4)20(23(29)24(27)30)22(28)16-7-10-18-19(13-16)32-14-31-18/h5-10,13,21,28H,11-12,14H2,1-4H3/b22-20-. The van der Waals surface area contributed by atoms with E-state index in [2.05, 4.69) is 0 Å². The molecule has 1 saturated heterocycles. The number of hydrogen-bond acceptors (Lipinski definition) is 7. The van der Waals surface area contributed by atoms with Crippen molar-refractivity contribution in [1.82, 2.24) is 9.80 Å². The third-order valence-corrected chi connectivity index (χ3v) is 5.70. The lowest BCUT2D eigenvalue weighted by Gasteiger charge is -2.27. The van der Waals surface area contributed by atoms with Crippen molar-refractivity contribution in [2.45, 2.75) is 6.04 Å². The van der Waals surface area contributed by atoms with Crippen molar-refractivity contribution in [1.29, 1.82) is 0 Å². The fourth-order valence-electron chi connectivity index (χ4n) is 3.92. The SMILES string of the molecule is CN(C)CCN1C(=O)C(=O)/C(=C(\O)c2ccc3c(c2)OCO3)C1c1ccc(N(C)C)cc1. The molecule has 2 aromatic rings. The van der Waals surface area contributed by atoms with Gasteiger partial charge in [-0.3, -0.25) is 9.59 Å². The van der Waals surface area contributed by atoms with Crippen molar-refractivity contribution in [3.8, 4) is 11.5 Å². The van der Waals surface area contributed by atoms with Crippen LogP contribution in [0.15, 0.2) is 48.0 Å². The Morgan fingerprint density at radius 1 is 1.03 bits per heavy atom. The minimum atomic E-state index is -0.694. The van der Waals surface area contributed by atoms with E-state index in [-0.39, 0.29) is 18.1 Å². The number of benzene rings is 2. The third kappa shape index (κ3) is 3.89. The number of hydrogen-bond donors (Lipinski definition) is 1. The Morgan fingerprint density at radius 3 is 2.38 bits per heavy atom. The topological polar surface area (TPSA) is 82.6 Å². The number of nitrogens with zero attached hydrogens (tertiary/aromatic N) is 3. The molecule has 8 heteroatoms. The monoisotopic (exact) mass is 437 g/mol. The number of ketones is 1. The maximum absolute atomic E-state index is 13.1. The normalized spacial score (nSPS) is 19.2. The van der Waals surface area contributed by atoms with Gasteiger partial charge in [0.15, 0.2) is 11.5 Å². The van der Waals surface area contributed by atoms with E-state index in [1.807, 2.05) is 62.3 Å². The Balaban J connectivity index is 1.81. The number of likely N-dealkylation sites (tertiary alicyclic amines) is 1. The number of rotatable bonds is 6. The van der Waals surface area contributed by atoms with E-state index in [0.29, 0.717) is 30.2 Å². The Bertz CT molecular complexity index is 1080. The predicted octanol–water partition coefficient (Wildman–Crippen LogP) is 2.46. The molecule has 0 spiro atoms. The number of amides is 1. The average molecular weight is 437 g/mol. The summed E-state index contributed by atoms with van der Waals surface area (Å²) in [4.78, 5) is 31.5. The van der Waals surface area contributed by atoms with Crippen LogP contribution >= 0.6 is 0 Å². The average Bonchev–Trinajstić information content (AvgIpc) is 3.34. The predicted molar refractivity (Wildman–Crippen MR) is 121 cm³/mol. The van der Waals surface area contributed by atoms with Crippen molar-refractivity contribution < 1.29 is 24.2 Å². The first-order chi connectivity index (χ1) is 15.3. The van der Waals surface area contributed by atoms with Gasteiger partial charge in [0.05, 0.1) is 11.6 Å². The summed E-state index contributed by atoms with van der Waals surface area (Å²) in [5, 5.41) is 11.2. The lowest BCUT2D eigenvalue weighted by Crippen LogP contribution is -2.35. The molecular weight excluding hydrogens is 410 g/mol. The van der Waals surface area contributed by atoms with Crippen LogP contribution in [0.1, 0.15) is 17.2 Å². The first-order valence-electron chi connectivity index (χ1n) is 10.4. The molecule has 4 rings (SSSR count). The molecule has 8 nitrogen and oxygen atoms in total. The van der Waals surface area contributed by atoms with Crippen LogP contribution in [-0.2, 0) is 9.59 Å². The molecule has 0 radical (unpaired) electrons. The molecule has 2 aromatic carbocycles. The lowest BCUT2D eigenvalue weighted by molar-refractivity contribution is -0.140. The van der Waals surface area contributed by atoms with Gasteiger partial charge in [-0.25, -0.2) is 0 Å². The first kappa shape index (κ1) is 21.7. The second kappa shape index (κ2) is 8.55. The number of anilines is 1. The molecule has 2 aliphatic heterocycles. The zero-order valence-electron chi connectivity index (χ0n) is 18.7. The molecule has 32 heavy (non-hydrogen) atoms. The van der Waals surface area contributed by atoms with E-state index in [4.69, 9.17) is 9.47 Å². The van der Waals surface area contributed by atoms with Crippen LogP contribution in [0.25, 0.3) is 5.76 Å². The lowest BCUT2D eigenvalue weighted by atomic mass is 9.95. The highest BCUT2D eigenvalue weighted by molar-refractivity contribution is 6.46. The summed E-state index contributed by atoms with van der Waals surface area (Å²) in [6, 6.07) is 11.9. The Labute approximate surface area is 187 Å². The van der Waals surface area contributed by atoms with E-state index >= 15 is 0 Å². The molecule has 0 saturated carbocycles. The van der Waals surface area contributed by atoms with E-state index < -0.39 is 17.7 Å². The number of Topliss-reactive ketones (excluding diaryl/α,β-unsaturated/α-hetero) is 1. The van der Waals surface area contributed by atoms with Gasteiger partial charge in [0.25, 0.3) is 11.7 Å². The van der Waals surface area contributed by atoms with Gasteiger partial charge in [0.1, 0.15) is 5.76 Å². The number of carbonyl (C=O) groups excluding carboxylic acids is 2. The van der Waals surface area contributed by atoms with Crippen molar-refractivity contribution in [2.24, 2.45) is 0 Å². The molecule has 1 amide bonds. The summed E-state index contributed by atoms with van der Waals surface area (Å²) in [6.07, 6.45) is 0. The van der Waals surface area contributed by atoms with E-state index in [0.717, 1.165) is 11.3 Å². The molecule has 0 bridgehead atoms. The second-order valence-corrected chi connectivity index (χ2v) is 8.35. The van der Waals surface area contributed by atoms with Crippen LogP contribution < -0.4 is 14.4 Å². The number of carbonyl (C=O) groups is 2. The van der Waals surface area contributed by atoms with Gasteiger partial charge >= 0.3 is 0 Å².